The summed E-state index contributed by atoms with van der Waals surface area (Å²) < 4.78 is 62.3. The molecule has 0 heterocycles. The van der Waals surface area contributed by atoms with Gasteiger partial charge in [0.1, 0.15) is 11.6 Å². The van der Waals surface area contributed by atoms with Crippen molar-refractivity contribution < 1.29 is 36.6 Å². The Bertz CT molecular complexity index is 942. The number of urea groups is 1. The molecule has 2 aromatic rings. The second-order valence-corrected chi connectivity index (χ2v) is 5.55. The van der Waals surface area contributed by atoms with E-state index in [2.05, 4.69) is 15.4 Å². The molecule has 0 radical (unpaired) electrons. The summed E-state index contributed by atoms with van der Waals surface area (Å²) in [6.45, 7) is 0. The van der Waals surface area contributed by atoms with Crippen molar-refractivity contribution in [2.75, 3.05) is 24.9 Å². The highest BCUT2D eigenvalue weighted by Gasteiger charge is 2.31. The number of ether oxygens (including phenoxy) is 2. The number of methoxy groups -OCH3 is 2. The quantitative estimate of drug-likeness (QED) is 0.425. The van der Waals surface area contributed by atoms with Crippen molar-refractivity contribution in [3.05, 3.63) is 59.4 Å². The van der Waals surface area contributed by atoms with Crippen molar-refractivity contribution in [2.45, 2.75) is 6.18 Å². The van der Waals surface area contributed by atoms with E-state index < -0.39 is 29.6 Å². The Morgan fingerprint density at radius 2 is 1.79 bits per heavy atom. The SMILES string of the molecule is COC(=O)/C=C\c1cccc(F)c1NC(=O)Nc1cc(C(F)(F)F)ccc1OC. The lowest BCUT2D eigenvalue weighted by molar-refractivity contribution is -0.137. The standard InChI is InChI=1S/C19H16F4N2O4/c1-28-15-8-7-12(19(21,22)23)10-14(15)24-18(27)25-17-11(4-3-5-13(17)20)6-9-16(26)29-2/h3-10H,1-2H3,(H2,24,25,27)/b9-6-. The van der Waals surface area contributed by atoms with Crippen LogP contribution in [0.4, 0.5) is 33.7 Å². The molecule has 0 saturated carbocycles. The van der Waals surface area contributed by atoms with Gasteiger partial charge in [0.2, 0.25) is 0 Å². The Balaban J connectivity index is 2.28. The van der Waals surface area contributed by atoms with Gasteiger partial charge in [-0.1, -0.05) is 12.1 Å². The van der Waals surface area contributed by atoms with Crippen molar-refractivity contribution >= 4 is 29.5 Å². The number of hydrogen-bond donors (Lipinski definition) is 2. The molecule has 10 heteroatoms. The number of anilines is 2. The number of halogens is 4. The summed E-state index contributed by atoms with van der Waals surface area (Å²) in [6.07, 6.45) is -2.39. The van der Waals surface area contributed by atoms with Crippen LogP contribution in [0, 0.1) is 5.82 Å². The number of carbonyl (C=O) groups excluding carboxylic acids is 2. The van der Waals surface area contributed by atoms with E-state index >= 15 is 0 Å². The number of amides is 2. The minimum Gasteiger partial charge on any atom is -0.495 e. The fourth-order valence-electron chi connectivity index (χ4n) is 2.29. The summed E-state index contributed by atoms with van der Waals surface area (Å²) in [4.78, 5) is 23.5. The highest BCUT2D eigenvalue weighted by Crippen LogP contribution is 2.35. The number of nitrogens with one attached hydrogen (secondary N) is 2. The van der Waals surface area contributed by atoms with Gasteiger partial charge >= 0.3 is 18.2 Å². The number of rotatable bonds is 5. The second kappa shape index (κ2) is 9.09. The number of carbonyl (C=O) groups is 2. The van der Waals surface area contributed by atoms with Gasteiger partial charge in [0.05, 0.1) is 31.2 Å². The predicted octanol–water partition coefficient (Wildman–Crippen LogP) is 4.68. The van der Waals surface area contributed by atoms with Gasteiger partial charge in [0.25, 0.3) is 0 Å². The maximum atomic E-state index is 14.2. The average molecular weight is 412 g/mol. The molecule has 2 N–H and O–H groups in total. The molecule has 0 fully saturated rings. The van der Waals surface area contributed by atoms with E-state index in [0.717, 1.165) is 31.4 Å². The fraction of sp³-hybridized carbons (Fsp3) is 0.158. The summed E-state index contributed by atoms with van der Waals surface area (Å²) >= 11 is 0. The van der Waals surface area contributed by atoms with Crippen LogP contribution in [-0.4, -0.2) is 26.2 Å². The van der Waals surface area contributed by atoms with Crippen LogP contribution in [0.3, 0.4) is 0 Å². The maximum Gasteiger partial charge on any atom is 0.416 e. The zero-order valence-electron chi connectivity index (χ0n) is 15.3. The van der Waals surface area contributed by atoms with Gasteiger partial charge in [-0.15, -0.1) is 0 Å². The zero-order valence-corrected chi connectivity index (χ0v) is 15.3. The lowest BCUT2D eigenvalue weighted by atomic mass is 10.1. The van der Waals surface area contributed by atoms with E-state index in [1.165, 1.54) is 25.3 Å². The van der Waals surface area contributed by atoms with Crippen LogP contribution in [0.5, 0.6) is 5.75 Å². The average Bonchev–Trinajstić information content (AvgIpc) is 2.67. The van der Waals surface area contributed by atoms with Crippen LogP contribution in [0.15, 0.2) is 42.5 Å². The largest absolute Gasteiger partial charge is 0.495 e. The van der Waals surface area contributed by atoms with Crippen LogP contribution in [0.1, 0.15) is 11.1 Å². The number of benzene rings is 2. The first-order valence-corrected chi connectivity index (χ1v) is 8.03. The molecule has 0 aliphatic carbocycles. The van der Waals surface area contributed by atoms with Gasteiger partial charge in [-0.3, -0.25) is 0 Å². The molecule has 0 atom stereocenters. The van der Waals surface area contributed by atoms with E-state index in [1.807, 2.05) is 0 Å². The molecule has 2 aromatic carbocycles. The van der Waals surface area contributed by atoms with Gasteiger partial charge in [-0.05, 0) is 30.3 Å². The highest BCUT2D eigenvalue weighted by molar-refractivity contribution is 6.02. The molecular weight excluding hydrogens is 396 g/mol. The van der Waals surface area contributed by atoms with Gasteiger partial charge < -0.3 is 20.1 Å². The molecule has 0 bridgehead atoms. The Kier molecular flexibility index (Phi) is 6.81. The molecule has 0 spiro atoms. The molecule has 154 valence electrons. The zero-order chi connectivity index (χ0) is 21.6. The molecule has 6 nitrogen and oxygen atoms in total. The summed E-state index contributed by atoms with van der Waals surface area (Å²) in [6, 6.07) is 5.36. The third-order valence-corrected chi connectivity index (χ3v) is 3.66. The van der Waals surface area contributed by atoms with Gasteiger partial charge in [-0.25, -0.2) is 14.0 Å². The molecular formula is C19H16F4N2O4. The van der Waals surface area contributed by atoms with E-state index in [1.54, 1.807) is 0 Å². The fourth-order valence-corrected chi connectivity index (χ4v) is 2.29. The monoisotopic (exact) mass is 412 g/mol. The maximum absolute atomic E-state index is 14.2. The molecule has 0 aromatic heterocycles. The number of esters is 1. The normalized spacial score (nSPS) is 11.2. The lowest BCUT2D eigenvalue weighted by Gasteiger charge is -2.15. The van der Waals surface area contributed by atoms with Crippen LogP contribution in [0.2, 0.25) is 0 Å². The molecule has 29 heavy (non-hydrogen) atoms. The van der Waals surface area contributed by atoms with Gasteiger partial charge in [0, 0.05) is 11.6 Å². The minimum absolute atomic E-state index is 0.0208. The first kappa shape index (κ1) is 21.7. The van der Waals surface area contributed by atoms with E-state index in [-0.39, 0.29) is 22.7 Å². The highest BCUT2D eigenvalue weighted by atomic mass is 19.4. The van der Waals surface area contributed by atoms with Gasteiger partial charge in [-0.2, -0.15) is 13.2 Å². The van der Waals surface area contributed by atoms with Crippen molar-refractivity contribution in [1.82, 2.24) is 0 Å². The molecule has 0 saturated heterocycles. The van der Waals surface area contributed by atoms with Crippen LogP contribution in [0.25, 0.3) is 6.08 Å². The number of para-hydroxylation sites is 1. The smallest absolute Gasteiger partial charge is 0.416 e. The third kappa shape index (κ3) is 5.71. The summed E-state index contributed by atoms with van der Waals surface area (Å²) in [5, 5.41) is 4.41. The van der Waals surface area contributed by atoms with Crippen molar-refractivity contribution in [3.8, 4) is 5.75 Å². The number of alkyl halides is 3. The van der Waals surface area contributed by atoms with E-state index in [0.29, 0.717) is 6.07 Å². The Morgan fingerprint density at radius 3 is 2.41 bits per heavy atom. The summed E-state index contributed by atoms with van der Waals surface area (Å²) in [5.41, 5.74) is -1.40. The summed E-state index contributed by atoms with van der Waals surface area (Å²) in [5.74, 6) is -1.53. The Morgan fingerprint density at radius 1 is 1.07 bits per heavy atom. The third-order valence-electron chi connectivity index (χ3n) is 3.66. The lowest BCUT2D eigenvalue weighted by Crippen LogP contribution is -2.21. The van der Waals surface area contributed by atoms with Crippen molar-refractivity contribution in [2.24, 2.45) is 0 Å². The molecule has 0 aliphatic rings. The van der Waals surface area contributed by atoms with Crippen LogP contribution in [-0.2, 0) is 15.7 Å². The molecule has 2 amide bonds. The van der Waals surface area contributed by atoms with Gasteiger partial charge in [0.15, 0.2) is 0 Å². The van der Waals surface area contributed by atoms with Crippen molar-refractivity contribution in [1.29, 1.82) is 0 Å². The number of hydrogen-bond acceptors (Lipinski definition) is 4. The topological polar surface area (TPSA) is 76.7 Å². The summed E-state index contributed by atoms with van der Waals surface area (Å²) in [7, 11) is 2.38. The molecule has 0 unspecified atom stereocenters. The first-order valence-electron chi connectivity index (χ1n) is 8.03. The second-order valence-electron chi connectivity index (χ2n) is 5.55. The van der Waals surface area contributed by atoms with Crippen molar-refractivity contribution in [3.63, 3.8) is 0 Å². The van der Waals surface area contributed by atoms with E-state index in [4.69, 9.17) is 4.74 Å². The Hall–Kier alpha value is -3.56. The molecule has 2 rings (SSSR count). The Labute approximate surface area is 163 Å². The minimum atomic E-state index is -4.63. The van der Waals surface area contributed by atoms with Crippen LogP contribution < -0.4 is 15.4 Å². The van der Waals surface area contributed by atoms with E-state index in [9.17, 15) is 27.2 Å². The predicted molar refractivity (Wildman–Crippen MR) is 98.1 cm³/mol. The first-order chi connectivity index (χ1) is 13.7. The van der Waals surface area contributed by atoms with Crippen LogP contribution >= 0.6 is 0 Å². The molecule has 0 aliphatic heterocycles.